The van der Waals surface area contributed by atoms with Gasteiger partial charge in [-0.05, 0) is 50.1 Å². The van der Waals surface area contributed by atoms with Crippen LogP contribution < -0.4 is 14.2 Å². The Morgan fingerprint density at radius 2 is 2.07 bits per heavy atom. The highest BCUT2D eigenvalue weighted by Gasteiger charge is 2.25. The smallest absolute Gasteiger partial charge is 0.340 e. The third-order valence-electron chi connectivity index (χ3n) is 4.50. The fourth-order valence-electron chi connectivity index (χ4n) is 3.17. The number of methoxy groups -OCH3 is 1. The second-order valence-corrected chi connectivity index (χ2v) is 6.30. The first-order valence-corrected chi connectivity index (χ1v) is 8.91. The van der Waals surface area contributed by atoms with Gasteiger partial charge in [0.05, 0.1) is 25.0 Å². The standard InChI is InChI=1S/C21H20N2O6/c1-5-27-21(25)17-11(2)18(23-12(17)3)19(24)14(9-22)6-13-7-15(26-4)20-16(8-13)28-10-29-20/h6-8,23H,5,10H2,1-4H3/b14-6+. The number of benzene rings is 1. The van der Waals surface area contributed by atoms with E-state index in [1.165, 1.54) is 13.2 Å². The molecule has 8 heteroatoms. The van der Waals surface area contributed by atoms with Crippen LogP contribution in [0, 0.1) is 25.2 Å². The molecule has 150 valence electrons. The summed E-state index contributed by atoms with van der Waals surface area (Å²) in [6, 6.07) is 5.23. The van der Waals surface area contributed by atoms with E-state index in [4.69, 9.17) is 18.9 Å². The molecule has 2 heterocycles. The zero-order chi connectivity index (χ0) is 21.1. The molecule has 0 saturated carbocycles. The van der Waals surface area contributed by atoms with E-state index in [0.717, 1.165) is 0 Å². The van der Waals surface area contributed by atoms with Crippen LogP contribution in [0.15, 0.2) is 17.7 Å². The number of hydrogen-bond donors (Lipinski definition) is 1. The number of nitrogens with one attached hydrogen (secondary N) is 1. The highest BCUT2D eigenvalue weighted by atomic mass is 16.7. The van der Waals surface area contributed by atoms with E-state index in [2.05, 4.69) is 4.98 Å². The molecule has 0 unspecified atom stereocenters. The van der Waals surface area contributed by atoms with Gasteiger partial charge < -0.3 is 23.9 Å². The van der Waals surface area contributed by atoms with E-state index < -0.39 is 11.8 Å². The van der Waals surface area contributed by atoms with Crippen molar-refractivity contribution in [3.63, 3.8) is 0 Å². The van der Waals surface area contributed by atoms with Crippen molar-refractivity contribution >= 4 is 17.8 Å². The lowest BCUT2D eigenvalue weighted by atomic mass is 10.0. The van der Waals surface area contributed by atoms with Crippen LogP contribution in [0.25, 0.3) is 6.08 Å². The normalized spacial score (nSPS) is 12.4. The molecule has 1 N–H and O–H groups in total. The predicted molar refractivity (Wildman–Crippen MR) is 103 cm³/mol. The van der Waals surface area contributed by atoms with Crippen molar-refractivity contribution in [2.75, 3.05) is 20.5 Å². The number of carbonyl (C=O) groups is 2. The van der Waals surface area contributed by atoms with Crippen molar-refractivity contribution < 1.29 is 28.5 Å². The lowest BCUT2D eigenvalue weighted by Crippen LogP contribution is -2.08. The Labute approximate surface area is 167 Å². The Hall–Kier alpha value is -3.73. The van der Waals surface area contributed by atoms with Gasteiger partial charge in [0, 0.05) is 5.69 Å². The van der Waals surface area contributed by atoms with Gasteiger partial charge >= 0.3 is 5.97 Å². The quantitative estimate of drug-likeness (QED) is 0.345. The minimum atomic E-state index is -0.528. The Balaban J connectivity index is 2.00. The fraction of sp³-hybridized carbons (Fsp3) is 0.286. The number of ketones is 1. The predicted octanol–water partition coefficient (Wildman–Crippen LogP) is 3.34. The summed E-state index contributed by atoms with van der Waals surface area (Å²) in [5, 5.41) is 9.57. The Bertz CT molecular complexity index is 1060. The van der Waals surface area contributed by atoms with Crippen molar-refractivity contribution in [1.82, 2.24) is 4.98 Å². The number of nitriles is 1. The fourth-order valence-corrected chi connectivity index (χ4v) is 3.17. The number of aromatic nitrogens is 1. The van der Waals surface area contributed by atoms with Crippen LogP contribution in [0.3, 0.4) is 0 Å². The molecular formula is C21H20N2O6. The Morgan fingerprint density at radius 3 is 2.72 bits per heavy atom. The molecule has 0 amide bonds. The monoisotopic (exact) mass is 396 g/mol. The summed E-state index contributed by atoms with van der Waals surface area (Å²) >= 11 is 0. The van der Waals surface area contributed by atoms with Crippen molar-refractivity contribution in [2.24, 2.45) is 0 Å². The summed E-state index contributed by atoms with van der Waals surface area (Å²) in [6.07, 6.45) is 1.44. The molecule has 1 aromatic heterocycles. The number of rotatable bonds is 6. The first-order valence-electron chi connectivity index (χ1n) is 8.91. The third kappa shape index (κ3) is 3.67. The largest absolute Gasteiger partial charge is 0.493 e. The van der Waals surface area contributed by atoms with E-state index in [1.54, 1.807) is 32.9 Å². The van der Waals surface area contributed by atoms with Gasteiger partial charge in [0.25, 0.3) is 0 Å². The lowest BCUT2D eigenvalue weighted by molar-refractivity contribution is 0.0525. The number of H-pyrrole nitrogens is 1. The minimum absolute atomic E-state index is 0.0699. The van der Waals surface area contributed by atoms with Crippen molar-refractivity contribution in [1.29, 1.82) is 5.26 Å². The van der Waals surface area contributed by atoms with Crippen LogP contribution in [0.5, 0.6) is 17.2 Å². The second-order valence-electron chi connectivity index (χ2n) is 6.30. The Kier molecular flexibility index (Phi) is 5.59. The number of carbonyl (C=O) groups excluding carboxylic acids is 2. The van der Waals surface area contributed by atoms with E-state index in [0.29, 0.717) is 39.6 Å². The third-order valence-corrected chi connectivity index (χ3v) is 4.50. The topological polar surface area (TPSA) is 111 Å². The van der Waals surface area contributed by atoms with Gasteiger partial charge in [-0.2, -0.15) is 5.26 Å². The molecule has 0 saturated heterocycles. The van der Waals surface area contributed by atoms with E-state index in [9.17, 15) is 14.9 Å². The van der Waals surface area contributed by atoms with E-state index in [-0.39, 0.29) is 24.7 Å². The molecule has 2 aromatic rings. The zero-order valence-corrected chi connectivity index (χ0v) is 16.5. The first-order chi connectivity index (χ1) is 13.9. The number of nitrogens with zero attached hydrogens (tertiary/aromatic N) is 1. The number of aryl methyl sites for hydroxylation is 1. The number of aromatic amines is 1. The van der Waals surface area contributed by atoms with Crippen LogP contribution >= 0.6 is 0 Å². The van der Waals surface area contributed by atoms with Crippen LogP contribution in [0.1, 0.15) is 44.6 Å². The molecule has 3 rings (SSSR count). The number of hydrogen-bond acceptors (Lipinski definition) is 7. The molecule has 0 bridgehead atoms. The van der Waals surface area contributed by atoms with Crippen molar-refractivity contribution in [3.05, 3.63) is 45.8 Å². The maximum absolute atomic E-state index is 13.0. The molecule has 1 aliphatic heterocycles. The summed E-state index contributed by atoms with van der Waals surface area (Å²) in [7, 11) is 1.49. The van der Waals surface area contributed by atoms with Crippen molar-refractivity contribution in [3.8, 4) is 23.3 Å². The summed E-state index contributed by atoms with van der Waals surface area (Å²) in [4.78, 5) is 28.0. The van der Waals surface area contributed by atoms with Gasteiger partial charge in [-0.1, -0.05) is 0 Å². The highest BCUT2D eigenvalue weighted by molar-refractivity contribution is 6.15. The zero-order valence-electron chi connectivity index (χ0n) is 16.5. The second kappa shape index (κ2) is 8.10. The van der Waals surface area contributed by atoms with E-state index in [1.807, 2.05) is 6.07 Å². The molecule has 0 atom stereocenters. The van der Waals surface area contributed by atoms with Gasteiger partial charge in [0.1, 0.15) is 11.6 Å². The first kappa shape index (κ1) is 20.0. The van der Waals surface area contributed by atoms with Crippen LogP contribution in [-0.4, -0.2) is 37.2 Å². The van der Waals surface area contributed by atoms with Crippen LogP contribution in [-0.2, 0) is 4.74 Å². The van der Waals surface area contributed by atoms with Gasteiger partial charge in [-0.15, -0.1) is 0 Å². The van der Waals surface area contributed by atoms with Gasteiger partial charge in [0.2, 0.25) is 18.3 Å². The number of allylic oxidation sites excluding steroid dienone is 1. The summed E-state index contributed by atoms with van der Waals surface area (Å²) in [5.74, 6) is 0.342. The molecule has 1 aromatic carbocycles. The highest BCUT2D eigenvalue weighted by Crippen LogP contribution is 2.42. The molecule has 29 heavy (non-hydrogen) atoms. The van der Waals surface area contributed by atoms with Gasteiger partial charge in [-0.25, -0.2) is 4.79 Å². The average molecular weight is 396 g/mol. The van der Waals surface area contributed by atoms with Crippen molar-refractivity contribution in [2.45, 2.75) is 20.8 Å². The molecule has 0 aliphatic carbocycles. The maximum Gasteiger partial charge on any atom is 0.340 e. The average Bonchev–Trinajstić information content (AvgIpc) is 3.29. The maximum atomic E-state index is 13.0. The number of fused-ring (bicyclic) bond motifs is 1. The SMILES string of the molecule is CCOC(=O)c1c(C)[nH]c(C(=O)/C(C#N)=C/c2cc(OC)c3c(c2)OCO3)c1C. The molecule has 0 fully saturated rings. The number of Topliss-reactive ketones (excluding diaryl/α,β-unsaturated/α-hetero) is 1. The molecular weight excluding hydrogens is 376 g/mol. The molecule has 8 nitrogen and oxygen atoms in total. The minimum Gasteiger partial charge on any atom is -0.493 e. The molecule has 0 radical (unpaired) electrons. The van der Waals surface area contributed by atoms with Gasteiger partial charge in [0.15, 0.2) is 11.5 Å². The van der Waals surface area contributed by atoms with Gasteiger partial charge in [-0.3, -0.25) is 4.79 Å². The van der Waals surface area contributed by atoms with Crippen LogP contribution in [0.4, 0.5) is 0 Å². The Morgan fingerprint density at radius 1 is 1.31 bits per heavy atom. The molecule has 0 spiro atoms. The van der Waals surface area contributed by atoms with E-state index >= 15 is 0 Å². The summed E-state index contributed by atoms with van der Waals surface area (Å²) in [6.45, 7) is 5.31. The molecule has 1 aliphatic rings. The summed E-state index contributed by atoms with van der Waals surface area (Å²) < 4.78 is 21.1. The number of ether oxygens (including phenoxy) is 4. The summed E-state index contributed by atoms with van der Waals surface area (Å²) in [5.41, 5.74) is 1.86. The lowest BCUT2D eigenvalue weighted by Gasteiger charge is -2.06. The number of esters is 1. The van der Waals surface area contributed by atoms with Crippen LogP contribution in [0.2, 0.25) is 0 Å².